The predicted molar refractivity (Wildman–Crippen MR) is 76.8 cm³/mol. The average Bonchev–Trinajstić information content (AvgIpc) is 2.85. The molecule has 0 bridgehead atoms. The molecule has 98 valence electrons. The smallest absolute Gasteiger partial charge is 0.156 e. The van der Waals surface area contributed by atoms with Gasteiger partial charge in [-0.25, -0.2) is 0 Å². The number of rotatable bonds is 4. The third-order valence-electron chi connectivity index (χ3n) is 3.87. The molecule has 0 amide bonds. The first-order valence-electron chi connectivity index (χ1n) is 6.99. The van der Waals surface area contributed by atoms with Gasteiger partial charge in [0, 0.05) is 11.8 Å². The lowest BCUT2D eigenvalue weighted by Crippen LogP contribution is -2.37. The number of nitrogens with zero attached hydrogens (tertiary/aromatic N) is 2. The van der Waals surface area contributed by atoms with Crippen molar-refractivity contribution in [2.45, 2.75) is 38.4 Å². The van der Waals surface area contributed by atoms with Crippen molar-refractivity contribution in [1.82, 2.24) is 10.2 Å². The maximum atomic E-state index is 4.56. The number of nitrogens with one attached hydrogen (secondary N) is 1. The number of hydrogen-bond donors (Lipinski definition) is 1. The highest BCUT2D eigenvalue weighted by atomic mass is 32.2. The molecule has 0 aromatic rings. The van der Waals surface area contributed by atoms with Gasteiger partial charge in [0.1, 0.15) is 0 Å². The SMILES string of the molecule is CCC1CN=C(NCC2CCN(CC)CC2)S1. The standard InChI is InChI=1S/C13H25N3S/c1-3-12-10-15-13(17-12)14-9-11-5-7-16(4-2)8-6-11/h11-12H,3-10H2,1-2H3,(H,14,15). The zero-order valence-corrected chi connectivity index (χ0v) is 11.9. The van der Waals surface area contributed by atoms with Crippen molar-refractivity contribution >= 4 is 16.9 Å². The molecule has 1 atom stereocenters. The molecule has 0 aromatic heterocycles. The highest BCUT2D eigenvalue weighted by molar-refractivity contribution is 8.14. The zero-order chi connectivity index (χ0) is 12.1. The second-order valence-electron chi connectivity index (χ2n) is 5.05. The van der Waals surface area contributed by atoms with E-state index < -0.39 is 0 Å². The van der Waals surface area contributed by atoms with Crippen molar-refractivity contribution < 1.29 is 0 Å². The van der Waals surface area contributed by atoms with Crippen LogP contribution >= 0.6 is 11.8 Å². The van der Waals surface area contributed by atoms with Gasteiger partial charge < -0.3 is 10.2 Å². The number of amidine groups is 1. The first kappa shape index (κ1) is 13.2. The van der Waals surface area contributed by atoms with Crippen LogP contribution in [0.3, 0.4) is 0 Å². The topological polar surface area (TPSA) is 27.6 Å². The summed E-state index contributed by atoms with van der Waals surface area (Å²) in [5.41, 5.74) is 0. The maximum absolute atomic E-state index is 4.56. The van der Waals surface area contributed by atoms with Crippen LogP contribution in [0.25, 0.3) is 0 Å². The molecular weight excluding hydrogens is 230 g/mol. The van der Waals surface area contributed by atoms with Gasteiger partial charge in [0.25, 0.3) is 0 Å². The lowest BCUT2D eigenvalue weighted by atomic mass is 9.97. The summed E-state index contributed by atoms with van der Waals surface area (Å²) in [6, 6.07) is 0. The highest BCUT2D eigenvalue weighted by Gasteiger charge is 2.21. The Morgan fingerprint density at radius 2 is 2.12 bits per heavy atom. The molecule has 2 aliphatic heterocycles. The van der Waals surface area contributed by atoms with E-state index in [1.165, 1.54) is 44.1 Å². The van der Waals surface area contributed by atoms with Gasteiger partial charge in [0.15, 0.2) is 5.17 Å². The van der Waals surface area contributed by atoms with Gasteiger partial charge in [0.05, 0.1) is 6.54 Å². The molecule has 0 aromatic carbocycles. The molecule has 4 heteroatoms. The minimum absolute atomic E-state index is 0.722. The van der Waals surface area contributed by atoms with Crippen molar-refractivity contribution in [1.29, 1.82) is 0 Å². The van der Waals surface area contributed by atoms with Gasteiger partial charge >= 0.3 is 0 Å². The number of thioether (sulfide) groups is 1. The first-order chi connectivity index (χ1) is 8.31. The number of aliphatic imine (C=N–C) groups is 1. The minimum atomic E-state index is 0.722. The van der Waals surface area contributed by atoms with E-state index in [0.717, 1.165) is 24.3 Å². The van der Waals surface area contributed by atoms with Crippen LogP contribution in [0.1, 0.15) is 33.1 Å². The summed E-state index contributed by atoms with van der Waals surface area (Å²) in [7, 11) is 0. The van der Waals surface area contributed by atoms with Crippen LogP contribution in [-0.4, -0.2) is 48.0 Å². The molecule has 2 rings (SSSR count). The average molecular weight is 255 g/mol. The van der Waals surface area contributed by atoms with E-state index in [0.29, 0.717) is 0 Å². The van der Waals surface area contributed by atoms with Crippen molar-refractivity contribution in [3.8, 4) is 0 Å². The Balaban J connectivity index is 1.63. The van der Waals surface area contributed by atoms with E-state index in [1.807, 2.05) is 11.8 Å². The summed E-state index contributed by atoms with van der Waals surface area (Å²) in [5, 5.41) is 5.45. The Labute approximate surface area is 109 Å². The molecule has 3 nitrogen and oxygen atoms in total. The molecule has 17 heavy (non-hydrogen) atoms. The second kappa shape index (κ2) is 6.64. The third-order valence-corrected chi connectivity index (χ3v) is 5.18. The molecule has 0 radical (unpaired) electrons. The predicted octanol–water partition coefficient (Wildman–Crippen LogP) is 2.19. The Morgan fingerprint density at radius 1 is 1.35 bits per heavy atom. The summed E-state index contributed by atoms with van der Waals surface area (Å²) in [6.45, 7) is 10.4. The highest BCUT2D eigenvalue weighted by Crippen LogP contribution is 2.23. The van der Waals surface area contributed by atoms with Crippen molar-refractivity contribution in [3.63, 3.8) is 0 Å². The number of likely N-dealkylation sites (tertiary alicyclic amines) is 1. The van der Waals surface area contributed by atoms with Crippen LogP contribution < -0.4 is 5.32 Å². The molecule has 1 N–H and O–H groups in total. The summed E-state index contributed by atoms with van der Waals surface area (Å²) < 4.78 is 0. The minimum Gasteiger partial charge on any atom is -0.365 e. The number of piperidine rings is 1. The van der Waals surface area contributed by atoms with Crippen LogP contribution in [0.15, 0.2) is 4.99 Å². The summed E-state index contributed by atoms with van der Waals surface area (Å²) >= 11 is 1.93. The largest absolute Gasteiger partial charge is 0.365 e. The van der Waals surface area contributed by atoms with Gasteiger partial charge in [-0.2, -0.15) is 0 Å². The second-order valence-corrected chi connectivity index (χ2v) is 6.34. The molecule has 0 spiro atoms. The molecule has 2 heterocycles. The number of hydrogen-bond acceptors (Lipinski definition) is 4. The molecule has 2 aliphatic rings. The van der Waals surface area contributed by atoms with Crippen LogP contribution in [0.4, 0.5) is 0 Å². The van der Waals surface area contributed by atoms with Crippen LogP contribution in [-0.2, 0) is 0 Å². The molecule has 0 saturated carbocycles. The Morgan fingerprint density at radius 3 is 2.71 bits per heavy atom. The van der Waals surface area contributed by atoms with Gasteiger partial charge in [-0.15, -0.1) is 0 Å². The Bertz CT molecular complexity index is 259. The molecular formula is C13H25N3S. The van der Waals surface area contributed by atoms with Crippen LogP contribution in [0.5, 0.6) is 0 Å². The van der Waals surface area contributed by atoms with Crippen molar-refractivity contribution in [3.05, 3.63) is 0 Å². The lowest BCUT2D eigenvalue weighted by molar-refractivity contribution is 0.193. The Kier molecular flexibility index (Phi) is 5.16. The fourth-order valence-electron chi connectivity index (χ4n) is 2.47. The van der Waals surface area contributed by atoms with E-state index in [-0.39, 0.29) is 0 Å². The Hall–Kier alpha value is -0.220. The van der Waals surface area contributed by atoms with Crippen LogP contribution in [0.2, 0.25) is 0 Å². The summed E-state index contributed by atoms with van der Waals surface area (Å²) in [4.78, 5) is 7.11. The fourth-order valence-corrected chi connectivity index (χ4v) is 3.41. The quantitative estimate of drug-likeness (QED) is 0.834. The third kappa shape index (κ3) is 3.88. The van der Waals surface area contributed by atoms with Crippen LogP contribution in [0, 0.1) is 5.92 Å². The van der Waals surface area contributed by atoms with Gasteiger partial charge in [0.2, 0.25) is 0 Å². The normalized spacial score (nSPS) is 27.2. The summed E-state index contributed by atoms with van der Waals surface area (Å²) in [6.07, 6.45) is 3.92. The summed E-state index contributed by atoms with van der Waals surface area (Å²) in [5.74, 6) is 0.849. The van der Waals surface area contributed by atoms with E-state index >= 15 is 0 Å². The fraction of sp³-hybridized carbons (Fsp3) is 0.923. The van der Waals surface area contributed by atoms with E-state index in [2.05, 4.69) is 29.1 Å². The van der Waals surface area contributed by atoms with Gasteiger partial charge in [-0.3, -0.25) is 4.99 Å². The monoisotopic (exact) mass is 255 g/mol. The van der Waals surface area contributed by atoms with E-state index in [9.17, 15) is 0 Å². The van der Waals surface area contributed by atoms with E-state index in [1.54, 1.807) is 0 Å². The molecule has 1 unspecified atom stereocenters. The first-order valence-corrected chi connectivity index (χ1v) is 7.87. The van der Waals surface area contributed by atoms with Gasteiger partial charge in [-0.1, -0.05) is 25.6 Å². The molecule has 0 aliphatic carbocycles. The van der Waals surface area contributed by atoms with Crippen molar-refractivity contribution in [2.24, 2.45) is 10.9 Å². The lowest BCUT2D eigenvalue weighted by Gasteiger charge is -2.31. The maximum Gasteiger partial charge on any atom is 0.156 e. The van der Waals surface area contributed by atoms with Gasteiger partial charge in [-0.05, 0) is 44.8 Å². The zero-order valence-electron chi connectivity index (χ0n) is 11.1. The van der Waals surface area contributed by atoms with E-state index in [4.69, 9.17) is 0 Å². The molecule has 1 fully saturated rings. The molecule has 1 saturated heterocycles. The van der Waals surface area contributed by atoms with Crippen molar-refractivity contribution in [2.75, 3.05) is 32.7 Å².